The van der Waals surface area contributed by atoms with E-state index in [1.807, 2.05) is 0 Å². The molecule has 0 spiro atoms. The monoisotopic (exact) mass is 301 g/mol. The van der Waals surface area contributed by atoms with Gasteiger partial charge in [-0.1, -0.05) is 0 Å². The summed E-state index contributed by atoms with van der Waals surface area (Å²) in [6.45, 7) is 2.77. The second kappa shape index (κ2) is 6.64. The van der Waals surface area contributed by atoms with E-state index in [1.54, 1.807) is 14.0 Å². The van der Waals surface area contributed by atoms with Gasteiger partial charge in [-0.2, -0.15) is 4.68 Å². The van der Waals surface area contributed by atoms with E-state index < -0.39 is 17.5 Å². The van der Waals surface area contributed by atoms with Crippen LogP contribution in [-0.4, -0.2) is 40.5 Å². The Kier molecular flexibility index (Phi) is 4.86. The number of ether oxygens (including phenoxy) is 1. The van der Waals surface area contributed by atoms with Gasteiger partial charge < -0.3 is 10.1 Å². The van der Waals surface area contributed by atoms with Gasteiger partial charge in [0.25, 0.3) is 0 Å². The Hall–Kier alpha value is -2.00. The summed E-state index contributed by atoms with van der Waals surface area (Å²) in [5, 5.41) is 13.9. The summed E-state index contributed by atoms with van der Waals surface area (Å²) in [6.07, 6.45) is 0. The van der Waals surface area contributed by atoms with Crippen LogP contribution in [0.3, 0.4) is 0 Å². The Labute approximate surface area is 118 Å². The maximum absolute atomic E-state index is 13.8. The van der Waals surface area contributed by atoms with Crippen molar-refractivity contribution in [1.29, 1.82) is 0 Å². The van der Waals surface area contributed by atoms with Crippen LogP contribution >= 0.6 is 0 Å². The molecule has 0 aliphatic rings. The zero-order valence-electron chi connectivity index (χ0n) is 11.5. The Morgan fingerprint density at radius 3 is 2.67 bits per heavy atom. The lowest BCUT2D eigenvalue weighted by Crippen LogP contribution is -2.25. The molecule has 2 aromatic rings. The molecule has 0 saturated heterocycles. The molecule has 0 saturated carbocycles. The third-order valence-electron chi connectivity index (χ3n) is 2.86. The van der Waals surface area contributed by atoms with Gasteiger partial charge in [-0.25, -0.2) is 13.2 Å². The predicted molar refractivity (Wildman–Crippen MR) is 67.3 cm³/mol. The fraction of sp³-hybridized carbons (Fsp3) is 0.417. The van der Waals surface area contributed by atoms with Crippen molar-refractivity contribution in [2.45, 2.75) is 13.0 Å². The van der Waals surface area contributed by atoms with E-state index in [9.17, 15) is 13.2 Å². The number of aromatic nitrogens is 4. The van der Waals surface area contributed by atoms with Crippen LogP contribution in [0.4, 0.5) is 13.2 Å². The average molecular weight is 301 g/mol. The van der Waals surface area contributed by atoms with Crippen molar-refractivity contribution in [3.05, 3.63) is 35.4 Å². The summed E-state index contributed by atoms with van der Waals surface area (Å²) in [5.41, 5.74) is -0.255. The number of halogens is 3. The van der Waals surface area contributed by atoms with Crippen LogP contribution in [0.25, 0.3) is 5.69 Å². The molecule has 9 heteroatoms. The standard InChI is InChI=1S/C12H14F3N5O/c1-7(16-3-4-21-2)12-17-18-19-20(12)11-6-9(14)8(13)5-10(11)15/h5-7,16H,3-4H2,1-2H3. The minimum absolute atomic E-state index is 0.255. The van der Waals surface area contributed by atoms with E-state index in [2.05, 4.69) is 20.8 Å². The number of rotatable bonds is 6. The zero-order valence-corrected chi connectivity index (χ0v) is 11.5. The third kappa shape index (κ3) is 3.37. The van der Waals surface area contributed by atoms with E-state index in [4.69, 9.17) is 4.74 Å². The Bertz CT molecular complexity index is 619. The molecule has 1 unspecified atom stereocenters. The third-order valence-corrected chi connectivity index (χ3v) is 2.86. The number of nitrogens with zero attached hydrogens (tertiary/aromatic N) is 4. The summed E-state index contributed by atoms with van der Waals surface area (Å²) < 4.78 is 46.0. The first-order chi connectivity index (χ1) is 10.0. The molecule has 0 aliphatic heterocycles. The van der Waals surface area contributed by atoms with Crippen LogP contribution < -0.4 is 5.32 Å². The second-order valence-corrected chi connectivity index (χ2v) is 4.34. The molecule has 21 heavy (non-hydrogen) atoms. The van der Waals surface area contributed by atoms with Crippen LogP contribution in [0, 0.1) is 17.5 Å². The molecule has 2 rings (SSSR count). The highest BCUT2D eigenvalue weighted by molar-refractivity contribution is 5.34. The summed E-state index contributed by atoms with van der Waals surface area (Å²) >= 11 is 0. The molecule has 0 bridgehead atoms. The molecule has 114 valence electrons. The van der Waals surface area contributed by atoms with Crippen LogP contribution in [-0.2, 0) is 4.74 Å². The molecule has 1 atom stereocenters. The van der Waals surface area contributed by atoms with Crippen molar-refractivity contribution in [3.63, 3.8) is 0 Å². The van der Waals surface area contributed by atoms with E-state index in [1.165, 1.54) is 0 Å². The maximum Gasteiger partial charge on any atom is 0.173 e. The minimum atomic E-state index is -1.27. The first kappa shape index (κ1) is 15.4. The summed E-state index contributed by atoms with van der Waals surface area (Å²) in [7, 11) is 1.56. The van der Waals surface area contributed by atoms with Gasteiger partial charge in [0.05, 0.1) is 12.6 Å². The number of methoxy groups -OCH3 is 1. The molecule has 0 radical (unpaired) electrons. The highest BCUT2D eigenvalue weighted by Crippen LogP contribution is 2.20. The molecule has 1 aromatic carbocycles. The van der Waals surface area contributed by atoms with Crippen molar-refractivity contribution in [1.82, 2.24) is 25.5 Å². The number of nitrogens with one attached hydrogen (secondary N) is 1. The maximum atomic E-state index is 13.8. The van der Waals surface area contributed by atoms with Gasteiger partial charge in [0.15, 0.2) is 23.3 Å². The van der Waals surface area contributed by atoms with E-state index >= 15 is 0 Å². The highest BCUT2D eigenvalue weighted by atomic mass is 19.2. The lowest BCUT2D eigenvalue weighted by Gasteiger charge is -2.13. The number of benzene rings is 1. The highest BCUT2D eigenvalue weighted by Gasteiger charge is 2.19. The smallest absolute Gasteiger partial charge is 0.173 e. The second-order valence-electron chi connectivity index (χ2n) is 4.34. The molecule has 0 fully saturated rings. The van der Waals surface area contributed by atoms with Gasteiger partial charge in [-0.15, -0.1) is 5.10 Å². The fourth-order valence-electron chi connectivity index (χ4n) is 1.78. The Morgan fingerprint density at radius 2 is 1.95 bits per heavy atom. The molecular weight excluding hydrogens is 287 g/mol. The predicted octanol–water partition coefficient (Wildman–Crippen LogP) is 1.38. The lowest BCUT2D eigenvalue weighted by molar-refractivity contribution is 0.196. The fourth-order valence-corrected chi connectivity index (χ4v) is 1.78. The molecular formula is C12H14F3N5O. The molecule has 1 aromatic heterocycles. The normalized spacial score (nSPS) is 12.6. The Balaban J connectivity index is 2.30. The van der Waals surface area contributed by atoms with Gasteiger partial charge in [0.1, 0.15) is 5.69 Å². The quantitative estimate of drug-likeness (QED) is 0.645. The van der Waals surface area contributed by atoms with Crippen LogP contribution in [0.1, 0.15) is 18.8 Å². The first-order valence-corrected chi connectivity index (χ1v) is 6.20. The molecule has 6 nitrogen and oxygen atoms in total. The SMILES string of the molecule is COCCNC(C)c1nnnn1-c1cc(F)c(F)cc1F. The largest absolute Gasteiger partial charge is 0.383 e. The first-order valence-electron chi connectivity index (χ1n) is 6.20. The number of tetrazole rings is 1. The van der Waals surface area contributed by atoms with Crippen molar-refractivity contribution in [2.24, 2.45) is 0 Å². The van der Waals surface area contributed by atoms with Crippen molar-refractivity contribution in [3.8, 4) is 5.69 Å². The molecule has 1 heterocycles. The van der Waals surface area contributed by atoms with Gasteiger partial charge in [0.2, 0.25) is 0 Å². The average Bonchev–Trinajstić information content (AvgIpc) is 2.92. The van der Waals surface area contributed by atoms with Crippen molar-refractivity contribution < 1.29 is 17.9 Å². The van der Waals surface area contributed by atoms with Crippen LogP contribution in [0.15, 0.2) is 12.1 Å². The summed E-state index contributed by atoms with van der Waals surface area (Å²) in [6, 6.07) is 0.841. The summed E-state index contributed by atoms with van der Waals surface area (Å²) in [4.78, 5) is 0. The van der Waals surface area contributed by atoms with E-state index in [0.717, 1.165) is 4.68 Å². The lowest BCUT2D eigenvalue weighted by atomic mass is 10.2. The van der Waals surface area contributed by atoms with Gasteiger partial charge in [0, 0.05) is 25.8 Å². The number of hydrogen-bond donors (Lipinski definition) is 1. The van der Waals surface area contributed by atoms with Crippen LogP contribution in [0.5, 0.6) is 0 Å². The van der Waals surface area contributed by atoms with Gasteiger partial charge in [-0.3, -0.25) is 0 Å². The summed E-state index contributed by atoms with van der Waals surface area (Å²) in [5.74, 6) is -3.12. The van der Waals surface area contributed by atoms with Crippen LogP contribution in [0.2, 0.25) is 0 Å². The van der Waals surface area contributed by atoms with E-state index in [-0.39, 0.29) is 17.6 Å². The topological polar surface area (TPSA) is 64.9 Å². The Morgan fingerprint density at radius 1 is 1.24 bits per heavy atom. The molecule has 0 amide bonds. The molecule has 0 aliphatic carbocycles. The van der Waals surface area contributed by atoms with Crippen molar-refractivity contribution >= 4 is 0 Å². The van der Waals surface area contributed by atoms with Gasteiger partial charge in [-0.05, 0) is 17.4 Å². The number of hydrogen-bond acceptors (Lipinski definition) is 5. The van der Waals surface area contributed by atoms with E-state index in [0.29, 0.717) is 25.3 Å². The molecule has 1 N–H and O–H groups in total. The minimum Gasteiger partial charge on any atom is -0.383 e. The zero-order chi connectivity index (χ0) is 15.4. The van der Waals surface area contributed by atoms with Crippen molar-refractivity contribution in [2.75, 3.05) is 20.3 Å². The van der Waals surface area contributed by atoms with Gasteiger partial charge >= 0.3 is 0 Å².